The van der Waals surface area contributed by atoms with Gasteiger partial charge in [0.1, 0.15) is 0 Å². The van der Waals surface area contributed by atoms with Gasteiger partial charge in [-0.15, -0.1) is 0 Å². The van der Waals surface area contributed by atoms with Crippen LogP contribution in [0.1, 0.15) is 52.4 Å². The van der Waals surface area contributed by atoms with Crippen molar-refractivity contribution in [3.8, 4) is 0 Å². The molecule has 0 radical (unpaired) electrons. The summed E-state index contributed by atoms with van der Waals surface area (Å²) in [5.74, 6) is 0.376. The van der Waals surface area contributed by atoms with E-state index in [1.54, 1.807) is 4.90 Å². The summed E-state index contributed by atoms with van der Waals surface area (Å²) in [6.07, 6.45) is 5.83. The molecule has 1 saturated heterocycles. The van der Waals surface area contributed by atoms with Gasteiger partial charge in [0, 0.05) is 25.2 Å². The lowest BCUT2D eigenvalue weighted by Gasteiger charge is -2.36. The number of rotatable bonds is 4. The molecule has 1 aliphatic heterocycles. The van der Waals surface area contributed by atoms with E-state index in [0.717, 1.165) is 45.2 Å². The van der Waals surface area contributed by atoms with Gasteiger partial charge < -0.3 is 20.1 Å². The molecule has 0 aromatic carbocycles. The number of likely N-dealkylation sites (tertiary alicyclic amines) is 1. The lowest BCUT2D eigenvalue weighted by Crippen LogP contribution is -2.51. The second-order valence-electron chi connectivity index (χ2n) is 6.86. The van der Waals surface area contributed by atoms with Crippen LogP contribution in [0.3, 0.4) is 0 Å². The van der Waals surface area contributed by atoms with Gasteiger partial charge in [-0.1, -0.05) is 26.7 Å². The molecule has 2 aliphatic rings. The summed E-state index contributed by atoms with van der Waals surface area (Å²) in [7, 11) is 0. The number of nitrogens with zero attached hydrogens (tertiary/aromatic N) is 1. The fourth-order valence-electron chi connectivity index (χ4n) is 3.17. The lowest BCUT2D eigenvalue weighted by atomic mass is 9.91. The average molecular weight is 298 g/mol. The topological polar surface area (TPSA) is 61.8 Å². The van der Waals surface area contributed by atoms with Crippen molar-refractivity contribution in [1.82, 2.24) is 10.2 Å². The third-order valence-corrected chi connectivity index (χ3v) is 4.47. The first-order valence-electron chi connectivity index (χ1n) is 8.42. The molecule has 2 N–H and O–H groups in total. The minimum atomic E-state index is -0.201. The number of carbonyl (C=O) groups is 1. The SMILES string of the molecule is CC(C)COC(=O)N1CCC(N[C@@H]2CCCC[C@@H]2O)CC1. The molecule has 21 heavy (non-hydrogen) atoms. The van der Waals surface area contributed by atoms with E-state index in [1.807, 2.05) is 13.8 Å². The molecule has 5 nitrogen and oxygen atoms in total. The largest absolute Gasteiger partial charge is 0.449 e. The Kier molecular flexibility index (Phi) is 6.30. The van der Waals surface area contributed by atoms with Gasteiger partial charge in [-0.25, -0.2) is 4.79 Å². The lowest BCUT2D eigenvalue weighted by molar-refractivity contribution is 0.0656. The number of piperidine rings is 1. The first kappa shape index (κ1) is 16.6. The van der Waals surface area contributed by atoms with Crippen LogP contribution in [0.4, 0.5) is 4.79 Å². The van der Waals surface area contributed by atoms with Crippen molar-refractivity contribution in [3.05, 3.63) is 0 Å². The Morgan fingerprint density at radius 3 is 2.52 bits per heavy atom. The van der Waals surface area contributed by atoms with Crippen LogP contribution in [-0.2, 0) is 4.74 Å². The van der Waals surface area contributed by atoms with Crippen molar-refractivity contribution >= 4 is 6.09 Å². The smallest absolute Gasteiger partial charge is 0.409 e. The molecular formula is C16H30N2O3. The van der Waals surface area contributed by atoms with Gasteiger partial charge in [-0.3, -0.25) is 0 Å². The molecule has 0 aromatic rings. The van der Waals surface area contributed by atoms with Gasteiger partial charge >= 0.3 is 6.09 Å². The molecule has 5 heteroatoms. The third-order valence-electron chi connectivity index (χ3n) is 4.47. The normalized spacial score (nSPS) is 27.9. The minimum Gasteiger partial charge on any atom is -0.449 e. The zero-order chi connectivity index (χ0) is 15.2. The quantitative estimate of drug-likeness (QED) is 0.835. The number of ether oxygens (including phenoxy) is 1. The van der Waals surface area contributed by atoms with Crippen molar-refractivity contribution in [2.45, 2.75) is 70.6 Å². The van der Waals surface area contributed by atoms with Crippen molar-refractivity contribution in [3.63, 3.8) is 0 Å². The monoisotopic (exact) mass is 298 g/mol. The molecule has 0 unspecified atom stereocenters. The summed E-state index contributed by atoms with van der Waals surface area (Å²) < 4.78 is 5.27. The summed E-state index contributed by atoms with van der Waals surface area (Å²) in [4.78, 5) is 13.7. The molecule has 2 rings (SSSR count). The Balaban J connectivity index is 1.69. The number of hydrogen-bond acceptors (Lipinski definition) is 4. The molecule has 1 amide bonds. The van der Waals surface area contributed by atoms with E-state index in [4.69, 9.17) is 4.74 Å². The Morgan fingerprint density at radius 2 is 1.90 bits per heavy atom. The summed E-state index contributed by atoms with van der Waals surface area (Å²) >= 11 is 0. The molecule has 2 fully saturated rings. The number of carbonyl (C=O) groups excluding carboxylic acids is 1. The summed E-state index contributed by atoms with van der Waals surface area (Å²) in [5.41, 5.74) is 0. The van der Waals surface area contributed by atoms with Gasteiger partial charge in [0.15, 0.2) is 0 Å². The Bertz CT molecular complexity index is 327. The predicted molar refractivity (Wildman–Crippen MR) is 82.2 cm³/mol. The van der Waals surface area contributed by atoms with Gasteiger partial charge in [-0.2, -0.15) is 0 Å². The molecule has 1 aliphatic carbocycles. The minimum absolute atomic E-state index is 0.181. The second-order valence-corrected chi connectivity index (χ2v) is 6.86. The molecule has 0 spiro atoms. The zero-order valence-corrected chi connectivity index (χ0v) is 13.4. The standard InChI is InChI=1S/C16H30N2O3/c1-12(2)11-21-16(20)18-9-7-13(8-10-18)17-14-5-3-4-6-15(14)19/h12-15,17,19H,3-11H2,1-2H3/t14-,15+/m1/s1. The van der Waals surface area contributed by atoms with Crippen LogP contribution in [0.15, 0.2) is 0 Å². The second kappa shape index (κ2) is 7.99. The molecule has 1 heterocycles. The van der Waals surface area contributed by atoms with Crippen LogP contribution in [0.2, 0.25) is 0 Å². The first-order valence-corrected chi connectivity index (χ1v) is 8.42. The van der Waals surface area contributed by atoms with Crippen LogP contribution >= 0.6 is 0 Å². The number of aliphatic hydroxyl groups excluding tert-OH is 1. The highest BCUT2D eigenvalue weighted by Gasteiger charge is 2.29. The van der Waals surface area contributed by atoms with Gasteiger partial charge in [0.2, 0.25) is 0 Å². The fraction of sp³-hybridized carbons (Fsp3) is 0.938. The number of aliphatic hydroxyl groups is 1. The van der Waals surface area contributed by atoms with E-state index in [1.165, 1.54) is 6.42 Å². The Morgan fingerprint density at radius 1 is 1.24 bits per heavy atom. The maximum Gasteiger partial charge on any atom is 0.409 e. The van der Waals surface area contributed by atoms with Crippen LogP contribution in [-0.4, -0.2) is 54.0 Å². The molecule has 0 aromatic heterocycles. The van der Waals surface area contributed by atoms with E-state index in [-0.39, 0.29) is 18.2 Å². The van der Waals surface area contributed by atoms with Gasteiger partial charge in [-0.05, 0) is 31.6 Å². The summed E-state index contributed by atoms with van der Waals surface area (Å²) in [5, 5.41) is 13.6. The van der Waals surface area contributed by atoms with E-state index in [0.29, 0.717) is 18.6 Å². The highest BCUT2D eigenvalue weighted by atomic mass is 16.6. The van der Waals surface area contributed by atoms with Crippen molar-refractivity contribution in [2.24, 2.45) is 5.92 Å². The van der Waals surface area contributed by atoms with Crippen molar-refractivity contribution < 1.29 is 14.6 Å². The highest BCUT2D eigenvalue weighted by molar-refractivity contribution is 5.67. The molecular weight excluding hydrogens is 268 g/mol. The molecule has 2 atom stereocenters. The van der Waals surface area contributed by atoms with E-state index in [9.17, 15) is 9.90 Å². The van der Waals surface area contributed by atoms with E-state index < -0.39 is 0 Å². The maximum absolute atomic E-state index is 11.9. The van der Waals surface area contributed by atoms with Crippen LogP contribution < -0.4 is 5.32 Å². The first-order chi connectivity index (χ1) is 10.1. The highest BCUT2D eigenvalue weighted by Crippen LogP contribution is 2.21. The fourth-order valence-corrected chi connectivity index (χ4v) is 3.17. The number of hydrogen-bond donors (Lipinski definition) is 2. The van der Waals surface area contributed by atoms with Crippen molar-refractivity contribution in [2.75, 3.05) is 19.7 Å². The Labute approximate surface area is 128 Å². The molecule has 0 bridgehead atoms. The molecule has 122 valence electrons. The maximum atomic E-state index is 11.9. The van der Waals surface area contributed by atoms with Gasteiger partial charge in [0.25, 0.3) is 0 Å². The third kappa shape index (κ3) is 5.15. The van der Waals surface area contributed by atoms with Crippen molar-refractivity contribution in [1.29, 1.82) is 0 Å². The van der Waals surface area contributed by atoms with E-state index >= 15 is 0 Å². The van der Waals surface area contributed by atoms with E-state index in [2.05, 4.69) is 5.32 Å². The average Bonchev–Trinajstić information content (AvgIpc) is 2.48. The summed E-state index contributed by atoms with van der Waals surface area (Å²) in [6, 6.07) is 0.653. The number of nitrogens with one attached hydrogen (secondary N) is 1. The zero-order valence-electron chi connectivity index (χ0n) is 13.4. The number of amides is 1. The predicted octanol–water partition coefficient (Wildman–Crippen LogP) is 2.14. The van der Waals surface area contributed by atoms with Crippen LogP contribution in [0.25, 0.3) is 0 Å². The molecule has 1 saturated carbocycles. The van der Waals surface area contributed by atoms with Crippen LogP contribution in [0, 0.1) is 5.92 Å². The Hall–Kier alpha value is -0.810. The summed E-state index contributed by atoms with van der Waals surface area (Å²) in [6.45, 7) is 6.07. The van der Waals surface area contributed by atoms with Crippen LogP contribution in [0.5, 0.6) is 0 Å². The van der Waals surface area contributed by atoms with Gasteiger partial charge in [0.05, 0.1) is 12.7 Å².